The summed E-state index contributed by atoms with van der Waals surface area (Å²) in [6.45, 7) is -0.328. The van der Waals surface area contributed by atoms with Crippen LogP contribution < -0.4 is 5.73 Å². The number of halogens is 4. The predicted octanol–water partition coefficient (Wildman–Crippen LogP) is 1.93. The molecule has 0 saturated carbocycles. The zero-order valence-corrected chi connectivity index (χ0v) is 13.7. The molecular weight excluding hydrogens is 373 g/mol. The van der Waals surface area contributed by atoms with Crippen LogP contribution in [0.25, 0.3) is 0 Å². The monoisotopic (exact) mass is 386 g/mol. The van der Waals surface area contributed by atoms with Crippen LogP contribution >= 0.6 is 11.6 Å². The summed E-state index contributed by atoms with van der Waals surface area (Å²) in [5, 5.41) is 8.49. The molecule has 6 nitrogen and oxygen atoms in total. The van der Waals surface area contributed by atoms with Gasteiger partial charge in [-0.2, -0.15) is 17.5 Å². The van der Waals surface area contributed by atoms with Gasteiger partial charge in [-0.25, -0.2) is 8.42 Å². The summed E-state index contributed by atoms with van der Waals surface area (Å²) in [7, 11) is -4.15. The van der Waals surface area contributed by atoms with Gasteiger partial charge in [-0.15, -0.1) is 0 Å². The number of rotatable bonds is 3. The predicted molar refractivity (Wildman–Crippen MR) is 79.0 cm³/mol. The van der Waals surface area contributed by atoms with Crippen molar-refractivity contribution in [1.29, 1.82) is 0 Å². The van der Waals surface area contributed by atoms with Gasteiger partial charge in [0, 0.05) is 13.1 Å². The molecule has 0 radical (unpaired) electrons. The molecule has 0 aromatic heterocycles. The molecule has 1 saturated heterocycles. The Labute approximate surface area is 141 Å². The molecule has 1 aliphatic heterocycles. The van der Waals surface area contributed by atoms with Crippen LogP contribution in [0.15, 0.2) is 23.1 Å². The fourth-order valence-corrected chi connectivity index (χ4v) is 4.32. The van der Waals surface area contributed by atoms with Gasteiger partial charge in [0.05, 0.1) is 10.6 Å². The number of nitrogens with zero attached hydrogens (tertiary/aromatic N) is 1. The van der Waals surface area contributed by atoms with Crippen LogP contribution in [-0.2, 0) is 21.0 Å². The molecule has 1 heterocycles. The summed E-state index contributed by atoms with van der Waals surface area (Å²) in [6.07, 6.45) is -4.86. The lowest BCUT2D eigenvalue weighted by molar-refractivity contribution is -0.144. The number of carboxylic acids is 1. The average molecular weight is 387 g/mol. The van der Waals surface area contributed by atoms with E-state index in [4.69, 9.17) is 22.4 Å². The van der Waals surface area contributed by atoms with Gasteiger partial charge in [0.25, 0.3) is 0 Å². The maximum absolute atomic E-state index is 12.6. The third-order valence-electron chi connectivity index (χ3n) is 3.92. The number of sulfonamides is 1. The van der Waals surface area contributed by atoms with Gasteiger partial charge >= 0.3 is 12.1 Å². The molecule has 1 aliphatic rings. The first-order valence-corrected chi connectivity index (χ1v) is 8.59. The molecule has 2 rings (SSSR count). The molecule has 0 spiro atoms. The summed E-state index contributed by atoms with van der Waals surface area (Å²) in [5.41, 5.74) is 3.10. The number of carboxylic acid groups (broad SMARTS) is 1. The van der Waals surface area contributed by atoms with Gasteiger partial charge < -0.3 is 10.8 Å². The van der Waals surface area contributed by atoms with E-state index in [1.807, 2.05) is 0 Å². The Morgan fingerprint density at radius 1 is 1.29 bits per heavy atom. The molecule has 1 aromatic rings. The quantitative estimate of drug-likeness (QED) is 0.826. The molecular formula is C13H14ClF3N2O4S. The maximum atomic E-state index is 12.6. The smallest absolute Gasteiger partial charge is 0.416 e. The van der Waals surface area contributed by atoms with Crippen LogP contribution in [0.1, 0.15) is 18.4 Å². The fourth-order valence-electron chi connectivity index (χ4n) is 2.36. The second kappa shape index (κ2) is 6.17. The minimum Gasteiger partial charge on any atom is -0.480 e. The van der Waals surface area contributed by atoms with Crippen molar-refractivity contribution < 1.29 is 31.5 Å². The number of piperidine rings is 1. The van der Waals surface area contributed by atoms with E-state index < -0.39 is 43.2 Å². The van der Waals surface area contributed by atoms with Gasteiger partial charge in [-0.3, -0.25) is 4.79 Å². The molecule has 0 unspecified atom stereocenters. The number of carbonyl (C=O) groups is 1. The van der Waals surface area contributed by atoms with Crippen molar-refractivity contribution in [1.82, 2.24) is 4.31 Å². The molecule has 1 fully saturated rings. The van der Waals surface area contributed by atoms with E-state index in [1.54, 1.807) is 0 Å². The molecule has 0 amide bonds. The van der Waals surface area contributed by atoms with Crippen molar-refractivity contribution in [3.63, 3.8) is 0 Å². The molecule has 0 atom stereocenters. The number of nitrogens with two attached hydrogens (primary N) is 1. The van der Waals surface area contributed by atoms with E-state index in [1.165, 1.54) is 0 Å². The van der Waals surface area contributed by atoms with Gasteiger partial charge in [0.2, 0.25) is 10.0 Å². The first-order chi connectivity index (χ1) is 10.9. The summed E-state index contributed by atoms with van der Waals surface area (Å²) in [5.74, 6) is -1.23. The first kappa shape index (κ1) is 19.0. The second-order valence-corrected chi connectivity index (χ2v) is 7.82. The maximum Gasteiger partial charge on any atom is 0.416 e. The van der Waals surface area contributed by atoms with Crippen molar-refractivity contribution >= 4 is 27.6 Å². The lowest BCUT2D eigenvalue weighted by Gasteiger charge is -2.35. The van der Waals surface area contributed by atoms with E-state index in [0.717, 1.165) is 10.4 Å². The Hall–Kier alpha value is -1.36. The summed E-state index contributed by atoms with van der Waals surface area (Å²) >= 11 is 5.72. The zero-order valence-electron chi connectivity index (χ0n) is 12.2. The summed E-state index contributed by atoms with van der Waals surface area (Å²) in [6, 6.07) is 1.97. The molecule has 3 N–H and O–H groups in total. The Bertz CT molecular complexity index is 759. The molecule has 0 aliphatic carbocycles. The number of alkyl halides is 3. The Morgan fingerprint density at radius 2 is 1.83 bits per heavy atom. The van der Waals surface area contributed by atoms with Crippen LogP contribution in [0.2, 0.25) is 5.02 Å². The Balaban J connectivity index is 2.28. The first-order valence-electron chi connectivity index (χ1n) is 6.77. The number of hydrogen-bond acceptors (Lipinski definition) is 4. The normalized spacial score (nSPS) is 19.2. The van der Waals surface area contributed by atoms with E-state index >= 15 is 0 Å². The van der Waals surface area contributed by atoms with Crippen molar-refractivity contribution in [3.05, 3.63) is 28.8 Å². The van der Waals surface area contributed by atoms with Crippen LogP contribution in [0.4, 0.5) is 13.2 Å². The highest BCUT2D eigenvalue weighted by molar-refractivity contribution is 7.89. The van der Waals surface area contributed by atoms with E-state index in [-0.39, 0.29) is 25.9 Å². The number of benzene rings is 1. The van der Waals surface area contributed by atoms with Crippen molar-refractivity contribution in [2.45, 2.75) is 29.5 Å². The van der Waals surface area contributed by atoms with Gasteiger partial charge in [0.1, 0.15) is 10.4 Å². The fraction of sp³-hybridized carbons (Fsp3) is 0.462. The molecule has 134 valence electrons. The van der Waals surface area contributed by atoms with E-state index in [2.05, 4.69) is 0 Å². The summed E-state index contributed by atoms with van der Waals surface area (Å²) in [4.78, 5) is 10.6. The minimum absolute atomic E-state index is 0.111. The lowest BCUT2D eigenvalue weighted by Crippen LogP contribution is -2.56. The van der Waals surface area contributed by atoms with Crippen LogP contribution in [0, 0.1) is 0 Å². The highest BCUT2D eigenvalue weighted by atomic mass is 35.5. The minimum atomic E-state index is -4.64. The van der Waals surface area contributed by atoms with Crippen LogP contribution in [0.3, 0.4) is 0 Å². The Kier molecular flexibility index (Phi) is 4.88. The van der Waals surface area contributed by atoms with Crippen LogP contribution in [0.5, 0.6) is 0 Å². The molecule has 1 aromatic carbocycles. The zero-order chi connectivity index (χ0) is 18.3. The highest BCUT2D eigenvalue weighted by Gasteiger charge is 2.41. The highest BCUT2D eigenvalue weighted by Crippen LogP contribution is 2.35. The van der Waals surface area contributed by atoms with Crippen molar-refractivity contribution in [3.8, 4) is 0 Å². The topological polar surface area (TPSA) is 101 Å². The van der Waals surface area contributed by atoms with E-state index in [0.29, 0.717) is 12.1 Å². The Morgan fingerprint density at radius 3 is 2.25 bits per heavy atom. The lowest BCUT2D eigenvalue weighted by atomic mass is 9.90. The molecule has 24 heavy (non-hydrogen) atoms. The SMILES string of the molecule is NC1(C(=O)O)CCN(S(=O)(=O)c2ccc(C(F)(F)F)cc2Cl)CC1. The third kappa shape index (κ3) is 3.51. The standard InChI is InChI=1S/C13H14ClF3N2O4S/c14-9-7-8(13(15,16)17)1-2-10(9)24(22,23)19-5-3-12(18,4-6-19)11(20)21/h1-2,7H,3-6,18H2,(H,20,21). The van der Waals surface area contributed by atoms with Gasteiger partial charge in [-0.1, -0.05) is 11.6 Å². The van der Waals surface area contributed by atoms with Crippen molar-refractivity contribution in [2.75, 3.05) is 13.1 Å². The largest absolute Gasteiger partial charge is 0.480 e. The van der Waals surface area contributed by atoms with Gasteiger partial charge in [-0.05, 0) is 31.0 Å². The summed E-state index contributed by atoms with van der Waals surface area (Å²) < 4.78 is 63.9. The molecule has 11 heteroatoms. The molecule has 0 bridgehead atoms. The number of hydrogen-bond donors (Lipinski definition) is 2. The van der Waals surface area contributed by atoms with Gasteiger partial charge in [0.15, 0.2) is 0 Å². The number of aliphatic carboxylic acids is 1. The van der Waals surface area contributed by atoms with Crippen LogP contribution in [-0.4, -0.2) is 42.4 Å². The second-order valence-electron chi connectivity index (χ2n) is 5.51. The third-order valence-corrected chi connectivity index (χ3v) is 6.30. The van der Waals surface area contributed by atoms with Crippen molar-refractivity contribution in [2.24, 2.45) is 5.73 Å². The average Bonchev–Trinajstić information content (AvgIpc) is 2.46. The van der Waals surface area contributed by atoms with E-state index in [9.17, 15) is 26.4 Å².